The fourth-order valence-electron chi connectivity index (χ4n) is 1.25. The Hall–Kier alpha value is -0.912. The number of rotatable bonds is 3. The average Bonchev–Trinajstić information content (AvgIpc) is 2.31. The van der Waals surface area contributed by atoms with Crippen LogP contribution in [0.3, 0.4) is 0 Å². The molecule has 1 unspecified atom stereocenters. The van der Waals surface area contributed by atoms with E-state index in [-0.39, 0.29) is 0 Å². The molecule has 0 aromatic heterocycles. The van der Waals surface area contributed by atoms with Gasteiger partial charge in [0.25, 0.3) is 0 Å². The monoisotopic (exact) mass is 279 g/mol. The summed E-state index contributed by atoms with van der Waals surface area (Å²) in [6.45, 7) is 0. The Morgan fingerprint density at radius 2 is 1.33 bits per heavy atom. The normalized spacial score (nSPS) is 12.1. The summed E-state index contributed by atoms with van der Waals surface area (Å²) in [5.74, 6) is 0. The van der Waals surface area contributed by atoms with E-state index in [1.807, 2.05) is 48.5 Å². The summed E-state index contributed by atoms with van der Waals surface area (Å²) in [5.41, 5.74) is 1.09. The quantitative estimate of drug-likeness (QED) is 0.852. The summed E-state index contributed by atoms with van der Waals surface area (Å²) in [5, 5.41) is 0. The molecule has 1 nitrogen and oxygen atoms in total. The van der Waals surface area contributed by atoms with Crippen LogP contribution in [0.25, 0.3) is 0 Å². The molecule has 0 saturated carbocycles. The summed E-state index contributed by atoms with van der Waals surface area (Å²) in [6.07, 6.45) is 0. The molecule has 0 aliphatic rings. The third-order valence-corrected chi connectivity index (χ3v) is 5.97. The molecule has 15 heavy (non-hydrogen) atoms. The Balaban J connectivity index is 2.08. The van der Waals surface area contributed by atoms with Gasteiger partial charge in [-0.05, 0) is 0 Å². The van der Waals surface area contributed by atoms with Crippen LogP contribution in [0.5, 0.6) is 0 Å². The van der Waals surface area contributed by atoms with Gasteiger partial charge in [-0.15, -0.1) is 0 Å². The van der Waals surface area contributed by atoms with Gasteiger partial charge in [-0.25, -0.2) is 0 Å². The number of halogens is 1. The SMILES string of the molecule is Cl[As](Nc1ccccc1)c1ccccc1. The van der Waals surface area contributed by atoms with Crippen molar-refractivity contribution >= 4 is 33.9 Å². The molecule has 0 amide bonds. The predicted molar refractivity (Wildman–Crippen MR) is 67.7 cm³/mol. The molecular weight excluding hydrogens is 269 g/mol. The van der Waals surface area contributed by atoms with E-state index in [2.05, 4.69) is 16.4 Å². The van der Waals surface area contributed by atoms with Crippen LogP contribution in [0, 0.1) is 0 Å². The van der Waals surface area contributed by atoms with Gasteiger partial charge in [-0.1, -0.05) is 0 Å². The molecule has 0 saturated heterocycles. The molecule has 1 N–H and O–H groups in total. The molecule has 2 aromatic rings. The van der Waals surface area contributed by atoms with E-state index in [9.17, 15) is 0 Å². The number of benzene rings is 2. The average molecular weight is 280 g/mol. The minimum atomic E-state index is -1.63. The maximum absolute atomic E-state index is 6.38. The van der Waals surface area contributed by atoms with Gasteiger partial charge >= 0.3 is 98.8 Å². The van der Waals surface area contributed by atoms with Crippen molar-refractivity contribution < 1.29 is 0 Å². The molecule has 0 heterocycles. The van der Waals surface area contributed by atoms with E-state index < -0.39 is 13.9 Å². The summed E-state index contributed by atoms with van der Waals surface area (Å²) in [4.78, 5) is 0. The third-order valence-electron chi connectivity index (χ3n) is 1.98. The van der Waals surface area contributed by atoms with Gasteiger partial charge in [0, 0.05) is 0 Å². The number of hydrogen-bond acceptors (Lipinski definition) is 1. The number of nitrogens with one attached hydrogen (secondary N) is 1. The number of para-hydroxylation sites is 1. The molecule has 76 valence electrons. The van der Waals surface area contributed by atoms with E-state index in [0.29, 0.717) is 0 Å². The van der Waals surface area contributed by atoms with Crippen molar-refractivity contribution in [3.8, 4) is 0 Å². The molecule has 2 rings (SSSR count). The molecule has 0 aliphatic carbocycles. The van der Waals surface area contributed by atoms with E-state index in [1.165, 1.54) is 4.35 Å². The fourth-order valence-corrected chi connectivity index (χ4v) is 4.31. The van der Waals surface area contributed by atoms with Crippen LogP contribution in [-0.4, -0.2) is 13.9 Å². The van der Waals surface area contributed by atoms with Crippen molar-refractivity contribution in [3.05, 3.63) is 60.7 Å². The first-order valence-electron chi connectivity index (χ1n) is 4.69. The van der Waals surface area contributed by atoms with E-state index in [4.69, 9.17) is 9.95 Å². The summed E-state index contributed by atoms with van der Waals surface area (Å²) in [7, 11) is 6.38. The molecular formula is C12H11AsClN. The van der Waals surface area contributed by atoms with Crippen LogP contribution in [-0.2, 0) is 0 Å². The Morgan fingerprint density at radius 1 is 0.800 bits per heavy atom. The molecule has 0 bridgehead atoms. The Labute approximate surface area is 98.7 Å². The van der Waals surface area contributed by atoms with Gasteiger partial charge in [0.1, 0.15) is 0 Å². The first kappa shape index (κ1) is 10.6. The molecule has 0 radical (unpaired) electrons. The number of anilines is 1. The first-order valence-corrected chi connectivity index (χ1v) is 9.03. The van der Waals surface area contributed by atoms with E-state index in [1.54, 1.807) is 0 Å². The van der Waals surface area contributed by atoms with Crippen molar-refractivity contribution in [2.45, 2.75) is 0 Å². The van der Waals surface area contributed by atoms with Crippen LogP contribution in [0.2, 0.25) is 0 Å². The van der Waals surface area contributed by atoms with Crippen LogP contribution >= 0.6 is 9.95 Å². The second-order valence-electron chi connectivity index (χ2n) is 3.09. The van der Waals surface area contributed by atoms with Crippen LogP contribution < -0.4 is 8.58 Å². The molecule has 3 heteroatoms. The van der Waals surface area contributed by atoms with Crippen molar-refractivity contribution in [1.29, 1.82) is 0 Å². The summed E-state index contributed by atoms with van der Waals surface area (Å²) < 4.78 is 4.59. The Bertz CT molecular complexity index is 404. The fraction of sp³-hybridized carbons (Fsp3) is 0. The second kappa shape index (κ2) is 5.25. The molecule has 0 spiro atoms. The third kappa shape index (κ3) is 3.02. The van der Waals surface area contributed by atoms with Crippen molar-refractivity contribution in [2.75, 3.05) is 4.23 Å². The van der Waals surface area contributed by atoms with E-state index in [0.717, 1.165) is 5.69 Å². The molecule has 0 fully saturated rings. The van der Waals surface area contributed by atoms with Crippen LogP contribution in [0.1, 0.15) is 0 Å². The molecule has 1 atom stereocenters. The first-order chi connectivity index (χ1) is 7.36. The summed E-state index contributed by atoms with van der Waals surface area (Å²) >= 11 is -1.63. The van der Waals surface area contributed by atoms with Crippen molar-refractivity contribution in [1.82, 2.24) is 0 Å². The van der Waals surface area contributed by atoms with Crippen molar-refractivity contribution in [2.24, 2.45) is 0 Å². The summed E-state index contributed by atoms with van der Waals surface area (Å²) in [6, 6.07) is 20.3. The molecule has 0 aliphatic heterocycles. The predicted octanol–water partition coefficient (Wildman–Crippen LogP) is 2.73. The zero-order valence-corrected chi connectivity index (χ0v) is 10.7. The van der Waals surface area contributed by atoms with Crippen molar-refractivity contribution in [3.63, 3.8) is 0 Å². The van der Waals surface area contributed by atoms with Gasteiger partial charge in [0.2, 0.25) is 0 Å². The van der Waals surface area contributed by atoms with E-state index >= 15 is 0 Å². The van der Waals surface area contributed by atoms with Gasteiger partial charge in [0.05, 0.1) is 0 Å². The zero-order chi connectivity index (χ0) is 10.5. The minimum absolute atomic E-state index is 1.09. The van der Waals surface area contributed by atoms with Gasteiger partial charge in [0.15, 0.2) is 0 Å². The molecule has 2 aromatic carbocycles. The topological polar surface area (TPSA) is 12.0 Å². The maximum atomic E-state index is 6.38. The number of hydrogen-bond donors (Lipinski definition) is 1. The Kier molecular flexibility index (Phi) is 3.71. The van der Waals surface area contributed by atoms with Gasteiger partial charge in [-0.3, -0.25) is 0 Å². The van der Waals surface area contributed by atoms with Gasteiger partial charge < -0.3 is 0 Å². The Morgan fingerprint density at radius 3 is 1.93 bits per heavy atom. The standard InChI is InChI=1S/C12H11AsClN/c14-13(11-7-3-1-4-8-11)15-12-9-5-2-6-10-12/h1-10,15H. The second-order valence-corrected chi connectivity index (χ2v) is 7.58. The van der Waals surface area contributed by atoms with Crippen LogP contribution in [0.4, 0.5) is 5.69 Å². The van der Waals surface area contributed by atoms with Gasteiger partial charge in [-0.2, -0.15) is 0 Å². The zero-order valence-electron chi connectivity index (χ0n) is 8.10. The van der Waals surface area contributed by atoms with Crippen LogP contribution in [0.15, 0.2) is 60.7 Å².